The molecule has 0 fully saturated rings. The fourth-order valence-electron chi connectivity index (χ4n) is 5.49. The minimum Gasteiger partial charge on any atom is -0.457 e. The highest BCUT2D eigenvalue weighted by Gasteiger charge is 2.26. The Morgan fingerprint density at radius 1 is 0.667 bits per heavy atom. The second-order valence-corrected chi connectivity index (χ2v) is 17.2. The van der Waals surface area contributed by atoms with Gasteiger partial charge in [0.1, 0.15) is 19.3 Å². The molecule has 3 N–H and O–H groups in total. The van der Waals surface area contributed by atoms with Crippen LogP contribution >= 0.6 is 7.82 Å². The minimum absolute atomic E-state index is 0.0339. The van der Waals surface area contributed by atoms with Crippen molar-refractivity contribution in [3.63, 3.8) is 0 Å². The number of hydrogen-bond donors (Lipinski definition) is 3. The van der Waals surface area contributed by atoms with Crippen molar-refractivity contribution in [3.8, 4) is 0 Å². The van der Waals surface area contributed by atoms with Gasteiger partial charge in [-0.15, -0.1) is 0 Å². The van der Waals surface area contributed by atoms with Crippen molar-refractivity contribution in [2.45, 2.75) is 161 Å². The first-order valence-electron chi connectivity index (χ1n) is 21.9. The lowest BCUT2D eigenvalue weighted by Crippen LogP contribution is -2.37. The van der Waals surface area contributed by atoms with Crippen LogP contribution in [0, 0.1) is 0 Å². The summed E-state index contributed by atoms with van der Waals surface area (Å²) >= 11 is 0. The molecule has 4 unspecified atom stereocenters. The van der Waals surface area contributed by atoms with Crippen LogP contribution in [-0.4, -0.2) is 98.0 Å². The summed E-state index contributed by atoms with van der Waals surface area (Å²) in [4.78, 5) is 22.9. The molecule has 0 aromatic rings. The summed E-state index contributed by atoms with van der Waals surface area (Å²) < 4.78 is 34.7. The van der Waals surface area contributed by atoms with E-state index < -0.39 is 32.1 Å². The number of unbranched alkanes of at least 4 members (excludes halogenated alkanes) is 12. The first kappa shape index (κ1) is 54.9. The first-order valence-corrected chi connectivity index (χ1v) is 23.4. The molecule has 10 nitrogen and oxygen atoms in total. The van der Waals surface area contributed by atoms with E-state index in [9.17, 15) is 24.5 Å². The van der Waals surface area contributed by atoms with Gasteiger partial charge in [0.25, 0.3) is 0 Å². The number of phosphoric ester groups is 1. The average molecular weight is 825 g/mol. The maximum atomic E-state index is 12.7. The molecule has 0 rings (SSSR count). The zero-order chi connectivity index (χ0) is 42.3. The van der Waals surface area contributed by atoms with Crippen LogP contribution in [0.5, 0.6) is 0 Å². The van der Waals surface area contributed by atoms with Gasteiger partial charge in [0.05, 0.1) is 46.6 Å². The van der Waals surface area contributed by atoms with Crippen LogP contribution in [0.4, 0.5) is 0 Å². The van der Waals surface area contributed by atoms with Gasteiger partial charge < -0.3 is 29.1 Å². The highest BCUT2D eigenvalue weighted by atomic mass is 31.2. The van der Waals surface area contributed by atoms with E-state index in [0.29, 0.717) is 36.9 Å². The number of ether oxygens (including phenoxy) is 2. The lowest BCUT2D eigenvalue weighted by Gasteiger charge is -2.24. The van der Waals surface area contributed by atoms with Crippen LogP contribution in [0.2, 0.25) is 0 Å². The molecule has 0 saturated heterocycles. The second-order valence-electron chi connectivity index (χ2n) is 15.7. The van der Waals surface area contributed by atoms with Gasteiger partial charge in [-0.25, -0.2) is 4.57 Å². The van der Waals surface area contributed by atoms with Gasteiger partial charge >= 0.3 is 13.8 Å². The van der Waals surface area contributed by atoms with Gasteiger partial charge in [0.15, 0.2) is 0 Å². The second kappa shape index (κ2) is 38.1. The summed E-state index contributed by atoms with van der Waals surface area (Å²) in [7, 11) is 1.50. The molecule has 0 aliphatic heterocycles. The molecule has 0 aliphatic carbocycles. The summed E-state index contributed by atoms with van der Waals surface area (Å²) in [6.45, 7) is 5.08. The molecular weight excluding hydrogens is 741 g/mol. The molecule has 0 saturated carbocycles. The fourth-order valence-corrected chi connectivity index (χ4v) is 6.23. The maximum absolute atomic E-state index is 12.7. The third kappa shape index (κ3) is 41.8. The molecule has 0 spiro atoms. The van der Waals surface area contributed by atoms with E-state index in [4.69, 9.17) is 18.5 Å². The Morgan fingerprint density at radius 3 is 1.89 bits per heavy atom. The van der Waals surface area contributed by atoms with Crippen LogP contribution in [0.25, 0.3) is 0 Å². The number of carbonyl (C=O) groups excluding carboxylic acids is 1. The zero-order valence-corrected chi connectivity index (χ0v) is 37.4. The number of hydrogen-bond acceptors (Lipinski definition) is 8. The molecule has 0 radical (unpaired) electrons. The van der Waals surface area contributed by atoms with E-state index in [0.717, 1.165) is 38.5 Å². The smallest absolute Gasteiger partial charge is 0.457 e. The van der Waals surface area contributed by atoms with Gasteiger partial charge in [-0.3, -0.25) is 13.8 Å². The van der Waals surface area contributed by atoms with Crippen molar-refractivity contribution in [2.24, 2.45) is 0 Å². The Hall–Kier alpha value is -2.14. The number of carbonyl (C=O) groups is 1. The van der Waals surface area contributed by atoms with Gasteiger partial charge in [0.2, 0.25) is 0 Å². The highest BCUT2D eigenvalue weighted by Crippen LogP contribution is 2.43. The van der Waals surface area contributed by atoms with Gasteiger partial charge in [-0.2, -0.15) is 0 Å². The Labute approximate surface area is 348 Å². The number of aliphatic hydroxyl groups excluding tert-OH is 2. The molecular formula is C46H83NO9P+. The largest absolute Gasteiger partial charge is 0.472 e. The number of nitrogens with zero attached hydrogens (tertiary/aromatic N) is 1. The normalized spacial score (nSPS) is 15.6. The van der Waals surface area contributed by atoms with Crippen LogP contribution in [0.3, 0.4) is 0 Å². The third-order valence-corrected chi connectivity index (χ3v) is 9.93. The SMILES string of the molecule is CC/C=C\C/C=C\CC(O)/C=C/C=C\C=C\C(O)CCCC(=O)OC(COCCCCCCCC/C=C\CCCCCCCC)COP(=O)(O)OCC[N+](C)(C)C. The monoisotopic (exact) mass is 825 g/mol. The molecule has 0 aliphatic rings. The molecule has 0 bridgehead atoms. The maximum Gasteiger partial charge on any atom is 0.472 e. The van der Waals surface area contributed by atoms with Crippen molar-refractivity contribution in [3.05, 3.63) is 72.9 Å². The molecule has 0 amide bonds. The van der Waals surface area contributed by atoms with E-state index in [1.54, 1.807) is 36.5 Å². The van der Waals surface area contributed by atoms with Gasteiger partial charge in [0, 0.05) is 13.0 Å². The first-order chi connectivity index (χ1) is 27.4. The summed E-state index contributed by atoms with van der Waals surface area (Å²) in [5.41, 5.74) is 0. The summed E-state index contributed by atoms with van der Waals surface area (Å²) in [6.07, 6.45) is 41.4. The van der Waals surface area contributed by atoms with E-state index in [-0.39, 0.29) is 26.2 Å². The Bertz CT molecular complexity index is 1170. The van der Waals surface area contributed by atoms with E-state index in [1.165, 1.54) is 64.2 Å². The lowest BCUT2D eigenvalue weighted by atomic mass is 10.1. The summed E-state index contributed by atoms with van der Waals surface area (Å²) in [5, 5.41) is 20.3. The van der Waals surface area contributed by atoms with E-state index in [2.05, 4.69) is 38.2 Å². The Morgan fingerprint density at radius 2 is 1.26 bits per heavy atom. The van der Waals surface area contributed by atoms with Gasteiger partial charge in [-0.1, -0.05) is 145 Å². The van der Waals surface area contributed by atoms with Crippen LogP contribution in [0.1, 0.15) is 142 Å². The number of quaternary nitrogens is 1. The minimum atomic E-state index is -4.35. The van der Waals surface area contributed by atoms with Crippen molar-refractivity contribution in [2.75, 3.05) is 54.1 Å². The number of likely N-dealkylation sites (N-methyl/N-ethyl adjacent to an activating group) is 1. The third-order valence-electron chi connectivity index (χ3n) is 8.94. The number of rotatable bonds is 39. The van der Waals surface area contributed by atoms with E-state index in [1.807, 2.05) is 33.3 Å². The van der Waals surface area contributed by atoms with Crippen LogP contribution in [-0.2, 0) is 27.9 Å². The van der Waals surface area contributed by atoms with Crippen LogP contribution < -0.4 is 0 Å². The van der Waals surface area contributed by atoms with Crippen molar-refractivity contribution < 1.29 is 47.5 Å². The number of phosphoric acid groups is 1. The zero-order valence-electron chi connectivity index (χ0n) is 36.5. The standard InChI is InChI=1S/C46H82NO9P/c1-6-8-10-12-14-15-16-17-18-19-20-21-22-23-27-31-39-53-41-45(42-55-57(51,52)54-40-38-47(3,4)5)56-46(50)37-32-36-44(49)35-30-26-25-29-34-43(48)33-28-24-13-11-9-7-2/h9,11,17-18,24-26,28-30,34-35,43-45,48-49H,6-8,10,12-16,19-23,27,31-33,36-42H2,1-5H3/p+1/b11-9-,18-17-,26-25-,28-24-,34-29+,35-30+. The number of esters is 1. The summed E-state index contributed by atoms with van der Waals surface area (Å²) in [5.74, 6) is -0.504. The summed E-state index contributed by atoms with van der Waals surface area (Å²) in [6, 6.07) is 0. The molecule has 11 heteroatoms. The van der Waals surface area contributed by atoms with Crippen molar-refractivity contribution in [1.82, 2.24) is 0 Å². The predicted octanol–water partition coefficient (Wildman–Crippen LogP) is 10.7. The number of aliphatic hydroxyl groups is 2. The van der Waals surface area contributed by atoms with Crippen molar-refractivity contribution >= 4 is 13.8 Å². The van der Waals surface area contributed by atoms with Gasteiger partial charge in [-0.05, 0) is 64.2 Å². The molecule has 57 heavy (non-hydrogen) atoms. The Kier molecular flexibility index (Phi) is 36.7. The lowest BCUT2D eigenvalue weighted by molar-refractivity contribution is -0.870. The molecule has 0 aromatic heterocycles. The quantitative estimate of drug-likeness (QED) is 0.0138. The van der Waals surface area contributed by atoms with Crippen molar-refractivity contribution in [1.29, 1.82) is 0 Å². The average Bonchev–Trinajstić information content (AvgIpc) is 3.15. The molecule has 0 aromatic carbocycles. The molecule has 4 atom stereocenters. The topological polar surface area (TPSA) is 132 Å². The molecule has 0 heterocycles. The fraction of sp³-hybridized carbons (Fsp3) is 0.717. The highest BCUT2D eigenvalue weighted by molar-refractivity contribution is 7.47. The van der Waals surface area contributed by atoms with Crippen LogP contribution in [0.15, 0.2) is 72.9 Å². The molecule has 330 valence electrons. The predicted molar refractivity (Wildman–Crippen MR) is 236 cm³/mol. The van der Waals surface area contributed by atoms with E-state index >= 15 is 0 Å². The number of allylic oxidation sites excluding steroid dienone is 9. The Balaban J connectivity index is 4.54.